The van der Waals surface area contributed by atoms with Crippen molar-refractivity contribution in [3.63, 3.8) is 0 Å². The Morgan fingerprint density at radius 2 is 2.35 bits per heavy atom. The highest BCUT2D eigenvalue weighted by Gasteiger charge is 2.36. The summed E-state index contributed by atoms with van der Waals surface area (Å²) in [5.41, 5.74) is 2.29. The lowest BCUT2D eigenvalue weighted by molar-refractivity contribution is 0.0738. The van der Waals surface area contributed by atoms with Crippen molar-refractivity contribution in [2.75, 3.05) is 13.7 Å². The van der Waals surface area contributed by atoms with E-state index in [4.69, 9.17) is 10.00 Å². The average molecular weight is 330 g/mol. The van der Waals surface area contributed by atoms with Gasteiger partial charge in [-0.05, 0) is 31.2 Å². The van der Waals surface area contributed by atoms with Gasteiger partial charge in [-0.2, -0.15) is 10.4 Å². The number of carbonyl (C=O) groups excluding carboxylic acids is 1. The van der Waals surface area contributed by atoms with Crippen LogP contribution in [0.1, 0.15) is 45.4 Å². The summed E-state index contributed by atoms with van der Waals surface area (Å²) in [6, 6.07) is 3.73. The third-order valence-electron chi connectivity index (χ3n) is 4.23. The number of ether oxygens (including phenoxy) is 1. The second kappa shape index (κ2) is 6.05. The van der Waals surface area contributed by atoms with E-state index in [1.165, 1.54) is 11.3 Å². The van der Waals surface area contributed by atoms with E-state index in [1.807, 2.05) is 18.9 Å². The van der Waals surface area contributed by atoms with E-state index in [9.17, 15) is 4.79 Å². The summed E-state index contributed by atoms with van der Waals surface area (Å²) in [6.45, 7) is 2.62. The predicted octanol–water partition coefficient (Wildman–Crippen LogP) is 2.65. The molecule has 2 aromatic rings. The number of aryl methyl sites for hydroxylation is 2. The summed E-state index contributed by atoms with van der Waals surface area (Å²) >= 11 is 1.32. The average Bonchev–Trinajstić information content (AvgIpc) is 3.23. The summed E-state index contributed by atoms with van der Waals surface area (Å²) in [6.07, 6.45) is 1.81. The van der Waals surface area contributed by atoms with Gasteiger partial charge in [-0.3, -0.25) is 4.79 Å². The van der Waals surface area contributed by atoms with E-state index in [0.717, 1.165) is 24.1 Å². The first-order chi connectivity index (χ1) is 11.1. The maximum atomic E-state index is 12.9. The van der Waals surface area contributed by atoms with E-state index in [0.29, 0.717) is 22.9 Å². The molecule has 0 aliphatic carbocycles. The van der Waals surface area contributed by atoms with Crippen LogP contribution in [0, 0.1) is 18.3 Å². The van der Waals surface area contributed by atoms with E-state index < -0.39 is 0 Å². The molecule has 23 heavy (non-hydrogen) atoms. The summed E-state index contributed by atoms with van der Waals surface area (Å²) in [5, 5.41) is 15.4. The second-order valence-electron chi connectivity index (χ2n) is 5.56. The van der Waals surface area contributed by atoms with Gasteiger partial charge >= 0.3 is 0 Å². The number of aromatic nitrogens is 2. The molecular weight excluding hydrogens is 312 g/mol. The molecule has 1 fully saturated rings. The van der Waals surface area contributed by atoms with Gasteiger partial charge in [-0.15, -0.1) is 11.3 Å². The van der Waals surface area contributed by atoms with Gasteiger partial charge in [0.25, 0.3) is 5.91 Å². The molecule has 0 spiro atoms. The van der Waals surface area contributed by atoms with Gasteiger partial charge in [-0.1, -0.05) is 0 Å². The van der Waals surface area contributed by atoms with Gasteiger partial charge in [0.1, 0.15) is 10.9 Å². The Kier molecular flexibility index (Phi) is 4.09. The zero-order chi connectivity index (χ0) is 16.6. The molecule has 1 amide bonds. The fourth-order valence-electron chi connectivity index (χ4n) is 3.28. The molecule has 1 unspecified atom stereocenters. The Bertz CT molecular complexity index is 787. The van der Waals surface area contributed by atoms with Crippen LogP contribution in [-0.2, 0) is 7.05 Å². The summed E-state index contributed by atoms with van der Waals surface area (Å²) in [5.74, 6) is 0.614. The maximum Gasteiger partial charge on any atom is 0.265 e. The van der Waals surface area contributed by atoms with Crippen LogP contribution >= 0.6 is 11.3 Å². The van der Waals surface area contributed by atoms with Crippen molar-refractivity contribution in [1.82, 2.24) is 14.7 Å². The highest BCUT2D eigenvalue weighted by Crippen LogP contribution is 2.40. The van der Waals surface area contributed by atoms with Gasteiger partial charge in [0.2, 0.25) is 5.88 Å². The Morgan fingerprint density at radius 3 is 3.04 bits per heavy atom. The summed E-state index contributed by atoms with van der Waals surface area (Å²) in [7, 11) is 3.46. The Labute approximate surface area is 138 Å². The molecule has 2 aromatic heterocycles. The number of amides is 1. The maximum absolute atomic E-state index is 12.9. The van der Waals surface area contributed by atoms with E-state index in [1.54, 1.807) is 23.2 Å². The number of nitrogens with zero attached hydrogens (tertiary/aromatic N) is 4. The van der Waals surface area contributed by atoms with Crippen molar-refractivity contribution < 1.29 is 9.53 Å². The third kappa shape index (κ3) is 2.49. The smallest absolute Gasteiger partial charge is 0.265 e. The first-order valence-corrected chi connectivity index (χ1v) is 8.32. The Hall–Kier alpha value is -2.33. The predicted molar refractivity (Wildman–Crippen MR) is 86.5 cm³/mol. The fourth-order valence-corrected chi connectivity index (χ4v) is 4.08. The van der Waals surface area contributed by atoms with Crippen LogP contribution in [-0.4, -0.2) is 34.2 Å². The first-order valence-electron chi connectivity index (χ1n) is 7.44. The van der Waals surface area contributed by atoms with Crippen LogP contribution in [0.5, 0.6) is 5.88 Å². The molecule has 3 rings (SSSR count). The number of methoxy groups -OCH3 is 1. The minimum Gasteiger partial charge on any atom is -0.481 e. The molecule has 1 aliphatic rings. The number of carbonyl (C=O) groups is 1. The summed E-state index contributed by atoms with van der Waals surface area (Å²) in [4.78, 5) is 15.3. The monoisotopic (exact) mass is 330 g/mol. The van der Waals surface area contributed by atoms with Gasteiger partial charge in [-0.25, -0.2) is 4.68 Å². The lowest BCUT2D eigenvalue weighted by atomic mass is 10.0. The molecule has 6 nitrogen and oxygen atoms in total. The van der Waals surface area contributed by atoms with Crippen LogP contribution in [0.2, 0.25) is 0 Å². The second-order valence-corrected chi connectivity index (χ2v) is 6.48. The lowest BCUT2D eigenvalue weighted by Crippen LogP contribution is -2.30. The van der Waals surface area contributed by atoms with Crippen LogP contribution in [0.3, 0.4) is 0 Å². The topological polar surface area (TPSA) is 71.2 Å². The van der Waals surface area contributed by atoms with E-state index in [-0.39, 0.29) is 11.9 Å². The molecule has 0 N–H and O–H groups in total. The van der Waals surface area contributed by atoms with E-state index in [2.05, 4.69) is 11.2 Å². The van der Waals surface area contributed by atoms with Crippen LogP contribution in [0.25, 0.3) is 0 Å². The van der Waals surface area contributed by atoms with Crippen molar-refractivity contribution >= 4 is 17.2 Å². The Balaban J connectivity index is 1.99. The highest BCUT2D eigenvalue weighted by molar-refractivity contribution is 7.12. The molecule has 0 aromatic carbocycles. The quantitative estimate of drug-likeness (QED) is 0.867. The molecule has 0 bridgehead atoms. The molecule has 1 aliphatic heterocycles. The fraction of sp³-hybridized carbons (Fsp3) is 0.438. The van der Waals surface area contributed by atoms with Gasteiger partial charge in [0.05, 0.1) is 30.0 Å². The highest BCUT2D eigenvalue weighted by atomic mass is 32.1. The number of hydrogen-bond donors (Lipinski definition) is 0. The molecule has 0 saturated carbocycles. The molecule has 0 radical (unpaired) electrons. The normalized spacial score (nSPS) is 17.3. The van der Waals surface area contributed by atoms with Crippen molar-refractivity contribution in [3.8, 4) is 11.9 Å². The minimum atomic E-state index is -0.0793. The largest absolute Gasteiger partial charge is 0.481 e. The molecule has 3 heterocycles. The molecular formula is C16H18N4O2S. The number of likely N-dealkylation sites (tertiary alicyclic amines) is 1. The van der Waals surface area contributed by atoms with Crippen molar-refractivity contribution in [2.45, 2.75) is 25.8 Å². The zero-order valence-corrected chi connectivity index (χ0v) is 14.2. The van der Waals surface area contributed by atoms with Crippen LogP contribution in [0.4, 0.5) is 0 Å². The number of hydrogen-bond acceptors (Lipinski definition) is 5. The van der Waals surface area contributed by atoms with Crippen LogP contribution < -0.4 is 4.74 Å². The standard InChI is InChI=1S/C16H18N4O2S/c1-10-13(16(22-3)19(2)18-10)12-5-4-7-20(12)15(21)14-11(9-17)6-8-23-14/h6,8,12H,4-5,7H2,1-3H3. The van der Waals surface area contributed by atoms with Gasteiger partial charge < -0.3 is 9.64 Å². The number of nitriles is 1. The first kappa shape index (κ1) is 15.6. The molecule has 1 atom stereocenters. The van der Waals surface area contributed by atoms with Gasteiger partial charge in [0, 0.05) is 13.6 Å². The zero-order valence-electron chi connectivity index (χ0n) is 13.4. The SMILES string of the molecule is COc1c(C2CCCN2C(=O)c2sccc2C#N)c(C)nn1C. The molecule has 7 heteroatoms. The Morgan fingerprint density at radius 1 is 1.57 bits per heavy atom. The van der Waals surface area contributed by atoms with Crippen molar-refractivity contribution in [1.29, 1.82) is 5.26 Å². The third-order valence-corrected chi connectivity index (χ3v) is 5.14. The number of thiophene rings is 1. The van der Waals surface area contributed by atoms with Crippen LogP contribution in [0.15, 0.2) is 11.4 Å². The van der Waals surface area contributed by atoms with Crippen molar-refractivity contribution in [2.24, 2.45) is 7.05 Å². The van der Waals surface area contributed by atoms with E-state index >= 15 is 0 Å². The number of rotatable bonds is 3. The van der Waals surface area contributed by atoms with Crippen molar-refractivity contribution in [3.05, 3.63) is 33.1 Å². The minimum absolute atomic E-state index is 0.0557. The van der Waals surface area contributed by atoms with Gasteiger partial charge in [0.15, 0.2) is 0 Å². The molecule has 120 valence electrons. The molecule has 1 saturated heterocycles. The lowest BCUT2D eigenvalue weighted by Gasteiger charge is -2.25. The summed E-state index contributed by atoms with van der Waals surface area (Å²) < 4.78 is 7.19.